The summed E-state index contributed by atoms with van der Waals surface area (Å²) in [5.74, 6) is 1.15. The zero-order valence-electron chi connectivity index (χ0n) is 15.9. The maximum absolute atomic E-state index is 12.8. The van der Waals surface area contributed by atoms with E-state index in [1.165, 1.54) is 0 Å². The second kappa shape index (κ2) is 9.15. The van der Waals surface area contributed by atoms with E-state index in [0.717, 1.165) is 29.8 Å². The number of carbonyl (C=O) groups excluding carboxylic acids is 1. The number of amides is 1. The first-order chi connectivity index (χ1) is 14.2. The molecule has 0 atom stereocenters. The normalized spacial score (nSPS) is 14.6. The molecule has 0 unspecified atom stereocenters. The third-order valence-electron chi connectivity index (χ3n) is 4.77. The van der Waals surface area contributed by atoms with E-state index < -0.39 is 0 Å². The summed E-state index contributed by atoms with van der Waals surface area (Å²) < 4.78 is 6.67. The van der Waals surface area contributed by atoms with Gasteiger partial charge in [-0.05, 0) is 36.4 Å². The van der Waals surface area contributed by atoms with Crippen LogP contribution in [0, 0.1) is 0 Å². The monoisotopic (exact) mass is 452 g/mol. The van der Waals surface area contributed by atoms with Crippen LogP contribution in [0.1, 0.15) is 16.1 Å². The quantitative estimate of drug-likeness (QED) is 0.585. The number of ether oxygens (including phenoxy) is 1. The molecular formula is C22H21BrN4O2. The number of hydrogen-bond donors (Lipinski definition) is 0. The molecule has 3 heterocycles. The second-order valence-electron chi connectivity index (χ2n) is 6.83. The van der Waals surface area contributed by atoms with Crippen LogP contribution >= 0.6 is 15.9 Å². The molecule has 1 saturated heterocycles. The van der Waals surface area contributed by atoms with Crippen molar-refractivity contribution in [2.45, 2.75) is 6.54 Å². The molecule has 2 aromatic heterocycles. The Morgan fingerprint density at radius 1 is 1.00 bits per heavy atom. The number of benzene rings is 1. The molecular weight excluding hydrogens is 432 g/mol. The smallest absolute Gasteiger partial charge is 0.255 e. The van der Waals surface area contributed by atoms with E-state index in [1.54, 1.807) is 18.3 Å². The average molecular weight is 453 g/mol. The molecule has 4 rings (SSSR count). The highest BCUT2D eigenvalue weighted by Crippen LogP contribution is 2.23. The summed E-state index contributed by atoms with van der Waals surface area (Å²) in [6.45, 7) is 3.87. The van der Waals surface area contributed by atoms with Gasteiger partial charge < -0.3 is 9.64 Å². The number of piperazine rings is 1. The third kappa shape index (κ3) is 5.19. The second-order valence-corrected chi connectivity index (χ2v) is 7.75. The molecule has 3 aromatic rings. The van der Waals surface area contributed by atoms with Crippen LogP contribution < -0.4 is 4.74 Å². The highest BCUT2D eigenvalue weighted by Gasteiger charge is 2.22. The number of halogens is 1. The molecule has 0 saturated carbocycles. The van der Waals surface area contributed by atoms with Crippen molar-refractivity contribution in [1.82, 2.24) is 19.8 Å². The molecule has 1 aromatic carbocycles. The minimum Gasteiger partial charge on any atom is -0.439 e. The van der Waals surface area contributed by atoms with Crippen LogP contribution in [0.3, 0.4) is 0 Å². The van der Waals surface area contributed by atoms with Gasteiger partial charge in [-0.15, -0.1) is 0 Å². The number of carbonyl (C=O) groups is 1. The van der Waals surface area contributed by atoms with Crippen molar-refractivity contribution in [3.8, 4) is 11.6 Å². The summed E-state index contributed by atoms with van der Waals surface area (Å²) in [5.41, 5.74) is 1.63. The molecule has 1 fully saturated rings. The van der Waals surface area contributed by atoms with Crippen molar-refractivity contribution < 1.29 is 9.53 Å². The Balaban J connectivity index is 1.32. The standard InChI is InChI=1S/C22H21BrN4O2/c23-18-4-3-6-20(14-18)29-21-8-7-17(15-25-21)22(28)27-12-10-26(11-13-27)16-19-5-1-2-9-24-19/h1-9,14-15H,10-13,16H2. The third-order valence-corrected chi connectivity index (χ3v) is 5.27. The lowest BCUT2D eigenvalue weighted by Gasteiger charge is -2.34. The van der Waals surface area contributed by atoms with E-state index in [9.17, 15) is 4.79 Å². The van der Waals surface area contributed by atoms with Crippen LogP contribution in [0.25, 0.3) is 0 Å². The molecule has 148 valence electrons. The van der Waals surface area contributed by atoms with E-state index in [1.807, 2.05) is 53.6 Å². The van der Waals surface area contributed by atoms with Gasteiger partial charge in [0.1, 0.15) is 5.75 Å². The lowest BCUT2D eigenvalue weighted by Crippen LogP contribution is -2.48. The van der Waals surface area contributed by atoms with Gasteiger partial charge in [-0.1, -0.05) is 28.1 Å². The Labute approximate surface area is 178 Å². The summed E-state index contributed by atoms with van der Waals surface area (Å²) in [4.78, 5) is 25.6. The molecule has 6 nitrogen and oxygen atoms in total. The van der Waals surface area contributed by atoms with Gasteiger partial charge in [0.15, 0.2) is 0 Å². The first-order valence-electron chi connectivity index (χ1n) is 9.48. The lowest BCUT2D eigenvalue weighted by molar-refractivity contribution is 0.0626. The van der Waals surface area contributed by atoms with Crippen LogP contribution in [0.5, 0.6) is 11.6 Å². The van der Waals surface area contributed by atoms with Crippen molar-refractivity contribution in [3.05, 3.63) is 82.7 Å². The van der Waals surface area contributed by atoms with E-state index >= 15 is 0 Å². The topological polar surface area (TPSA) is 58.6 Å². The molecule has 1 amide bonds. The Bertz CT molecular complexity index is 958. The van der Waals surface area contributed by atoms with Gasteiger partial charge in [-0.25, -0.2) is 4.98 Å². The van der Waals surface area contributed by atoms with Crippen LogP contribution in [0.15, 0.2) is 71.5 Å². The van der Waals surface area contributed by atoms with E-state index in [-0.39, 0.29) is 5.91 Å². The largest absolute Gasteiger partial charge is 0.439 e. The minimum absolute atomic E-state index is 0.00370. The SMILES string of the molecule is O=C(c1ccc(Oc2cccc(Br)c2)nc1)N1CCN(Cc2ccccn2)CC1. The molecule has 0 aliphatic carbocycles. The van der Waals surface area contributed by atoms with Crippen molar-refractivity contribution in [1.29, 1.82) is 0 Å². The molecule has 7 heteroatoms. The summed E-state index contributed by atoms with van der Waals surface area (Å²) in [6, 6.07) is 17.0. The zero-order chi connectivity index (χ0) is 20.1. The number of aromatic nitrogens is 2. The Morgan fingerprint density at radius 3 is 2.55 bits per heavy atom. The van der Waals surface area contributed by atoms with Gasteiger partial charge in [0.05, 0.1) is 11.3 Å². The fourth-order valence-electron chi connectivity index (χ4n) is 3.23. The summed E-state index contributed by atoms with van der Waals surface area (Å²) in [6.07, 6.45) is 3.39. The van der Waals surface area contributed by atoms with Crippen LogP contribution in [0.4, 0.5) is 0 Å². The fourth-order valence-corrected chi connectivity index (χ4v) is 3.61. The summed E-state index contributed by atoms with van der Waals surface area (Å²) >= 11 is 3.42. The van der Waals surface area contributed by atoms with E-state index in [0.29, 0.717) is 30.3 Å². The van der Waals surface area contributed by atoms with Gasteiger partial charge >= 0.3 is 0 Å². The molecule has 29 heavy (non-hydrogen) atoms. The first kappa shape index (κ1) is 19.5. The van der Waals surface area contributed by atoms with Crippen LogP contribution in [0.2, 0.25) is 0 Å². The van der Waals surface area contributed by atoms with Crippen LogP contribution in [-0.4, -0.2) is 51.9 Å². The molecule has 0 radical (unpaired) electrons. The van der Waals surface area contributed by atoms with Crippen LogP contribution in [-0.2, 0) is 6.54 Å². The van der Waals surface area contributed by atoms with Crippen molar-refractivity contribution in [2.24, 2.45) is 0 Å². The lowest BCUT2D eigenvalue weighted by atomic mass is 10.2. The maximum Gasteiger partial charge on any atom is 0.255 e. The molecule has 1 aliphatic rings. The number of pyridine rings is 2. The summed E-state index contributed by atoms with van der Waals surface area (Å²) in [7, 11) is 0. The number of nitrogens with zero attached hydrogens (tertiary/aromatic N) is 4. The molecule has 1 aliphatic heterocycles. The van der Waals surface area contributed by atoms with Gasteiger partial charge in [0, 0.05) is 55.7 Å². The van der Waals surface area contributed by atoms with Gasteiger partial charge in [0.2, 0.25) is 5.88 Å². The van der Waals surface area contributed by atoms with Crippen molar-refractivity contribution in [2.75, 3.05) is 26.2 Å². The van der Waals surface area contributed by atoms with E-state index in [2.05, 4.69) is 30.8 Å². The summed E-state index contributed by atoms with van der Waals surface area (Å²) in [5, 5.41) is 0. The first-order valence-corrected chi connectivity index (χ1v) is 10.3. The predicted octanol–water partition coefficient (Wildman–Crippen LogP) is 3.99. The predicted molar refractivity (Wildman–Crippen MR) is 114 cm³/mol. The highest BCUT2D eigenvalue weighted by atomic mass is 79.9. The number of rotatable bonds is 5. The molecule has 0 N–H and O–H groups in total. The Hall–Kier alpha value is -2.77. The highest BCUT2D eigenvalue weighted by molar-refractivity contribution is 9.10. The minimum atomic E-state index is 0.00370. The maximum atomic E-state index is 12.8. The van der Waals surface area contributed by atoms with Gasteiger partial charge in [0.25, 0.3) is 5.91 Å². The van der Waals surface area contributed by atoms with Gasteiger partial charge in [-0.3, -0.25) is 14.7 Å². The van der Waals surface area contributed by atoms with Crippen molar-refractivity contribution in [3.63, 3.8) is 0 Å². The van der Waals surface area contributed by atoms with E-state index in [4.69, 9.17) is 4.74 Å². The Kier molecular flexibility index (Phi) is 6.17. The number of hydrogen-bond acceptors (Lipinski definition) is 5. The molecule has 0 bridgehead atoms. The van der Waals surface area contributed by atoms with Gasteiger partial charge in [-0.2, -0.15) is 0 Å². The fraction of sp³-hybridized carbons (Fsp3) is 0.227. The Morgan fingerprint density at radius 2 is 1.86 bits per heavy atom. The molecule has 0 spiro atoms. The zero-order valence-corrected chi connectivity index (χ0v) is 17.5. The average Bonchev–Trinajstić information content (AvgIpc) is 2.75. The van der Waals surface area contributed by atoms with Crippen molar-refractivity contribution >= 4 is 21.8 Å².